The summed E-state index contributed by atoms with van der Waals surface area (Å²) < 4.78 is 34.7. The van der Waals surface area contributed by atoms with Gasteiger partial charge in [-0.15, -0.1) is 0 Å². The minimum absolute atomic E-state index is 0.0282. The van der Waals surface area contributed by atoms with E-state index in [0.717, 1.165) is 15.9 Å². The highest BCUT2D eigenvalue weighted by atomic mass is 35.5. The van der Waals surface area contributed by atoms with Gasteiger partial charge in [0.25, 0.3) is 15.7 Å². The lowest BCUT2D eigenvalue weighted by Gasteiger charge is -2.34. The lowest BCUT2D eigenvalue weighted by Crippen LogP contribution is -2.53. The summed E-state index contributed by atoms with van der Waals surface area (Å²) in [4.78, 5) is 40.3. The summed E-state index contributed by atoms with van der Waals surface area (Å²) in [6, 6.07) is 24.6. The molecule has 0 heterocycles. The molecule has 0 fully saturated rings. The molecule has 0 aliphatic carbocycles. The van der Waals surface area contributed by atoms with Crippen molar-refractivity contribution >= 4 is 44.8 Å². The van der Waals surface area contributed by atoms with Crippen molar-refractivity contribution in [3.63, 3.8) is 0 Å². The van der Waals surface area contributed by atoms with Gasteiger partial charge in [0.05, 0.1) is 22.6 Å². The summed E-state index contributed by atoms with van der Waals surface area (Å²) >= 11 is 6.13. The van der Waals surface area contributed by atoms with Gasteiger partial charge in [-0.05, 0) is 66.9 Å². The summed E-state index contributed by atoms with van der Waals surface area (Å²) in [5.74, 6) is -0.608. The van der Waals surface area contributed by atoms with Gasteiger partial charge >= 0.3 is 0 Å². The van der Waals surface area contributed by atoms with Gasteiger partial charge < -0.3 is 15.0 Å². The third-order valence-electron chi connectivity index (χ3n) is 7.69. The molecular weight excluding hydrogens is 656 g/mol. The number of anilines is 1. The Bertz CT molecular complexity index is 1840. The number of sulfonamides is 1. The number of hydrogen-bond acceptors (Lipinski definition) is 7. The predicted molar refractivity (Wildman–Crippen MR) is 185 cm³/mol. The first-order valence-electron chi connectivity index (χ1n) is 15.2. The molecule has 13 heteroatoms. The first-order chi connectivity index (χ1) is 22.9. The van der Waals surface area contributed by atoms with Gasteiger partial charge in [0, 0.05) is 36.2 Å². The summed E-state index contributed by atoms with van der Waals surface area (Å²) in [6.07, 6.45) is 0.830. The van der Waals surface area contributed by atoms with Crippen LogP contribution in [0, 0.1) is 17.0 Å². The Morgan fingerprint density at radius 2 is 1.62 bits per heavy atom. The van der Waals surface area contributed by atoms with E-state index in [1.807, 2.05) is 37.3 Å². The van der Waals surface area contributed by atoms with Gasteiger partial charge in [-0.25, -0.2) is 8.42 Å². The fourth-order valence-electron chi connectivity index (χ4n) is 5.06. The maximum atomic E-state index is 14.5. The molecule has 0 aliphatic rings. The highest BCUT2D eigenvalue weighted by Crippen LogP contribution is 2.30. The van der Waals surface area contributed by atoms with Crippen molar-refractivity contribution < 1.29 is 27.7 Å². The molecule has 2 amide bonds. The highest BCUT2D eigenvalue weighted by molar-refractivity contribution is 7.92. The number of nitrogens with one attached hydrogen (secondary N) is 1. The summed E-state index contributed by atoms with van der Waals surface area (Å²) in [6.45, 7) is 3.06. The minimum atomic E-state index is -4.55. The maximum Gasteiger partial charge on any atom is 0.273 e. The van der Waals surface area contributed by atoms with E-state index >= 15 is 0 Å². The second kappa shape index (κ2) is 16.2. The lowest BCUT2D eigenvalue weighted by molar-refractivity contribution is -0.385. The molecule has 0 saturated carbocycles. The Morgan fingerprint density at radius 3 is 2.23 bits per heavy atom. The smallest absolute Gasteiger partial charge is 0.273 e. The number of rotatable bonds is 15. The van der Waals surface area contributed by atoms with Crippen LogP contribution in [0.5, 0.6) is 5.75 Å². The van der Waals surface area contributed by atoms with Gasteiger partial charge in [0.1, 0.15) is 18.3 Å². The van der Waals surface area contributed by atoms with Crippen molar-refractivity contribution in [2.75, 3.05) is 24.5 Å². The number of nitro benzene ring substituents is 1. The molecule has 4 rings (SSSR count). The molecule has 0 saturated heterocycles. The number of benzene rings is 4. The zero-order chi connectivity index (χ0) is 34.8. The van der Waals surface area contributed by atoms with E-state index in [1.165, 1.54) is 43.2 Å². The van der Waals surface area contributed by atoms with Crippen LogP contribution in [0.2, 0.25) is 5.02 Å². The van der Waals surface area contributed by atoms with Gasteiger partial charge in [0.2, 0.25) is 11.8 Å². The summed E-state index contributed by atoms with van der Waals surface area (Å²) in [5.41, 5.74) is 1.49. The molecule has 4 aromatic carbocycles. The number of aryl methyl sites for hydroxylation is 1. The third-order valence-corrected chi connectivity index (χ3v) is 9.71. The Morgan fingerprint density at radius 1 is 0.958 bits per heavy atom. The van der Waals surface area contributed by atoms with Crippen LogP contribution in [0.4, 0.5) is 11.4 Å². The third kappa shape index (κ3) is 8.90. The summed E-state index contributed by atoms with van der Waals surface area (Å²) in [7, 11) is -3.09. The number of ether oxygens (including phenoxy) is 1. The van der Waals surface area contributed by atoms with Crippen molar-refractivity contribution in [2.45, 2.75) is 44.2 Å². The molecule has 0 aliphatic heterocycles. The van der Waals surface area contributed by atoms with E-state index in [9.17, 15) is 28.1 Å². The summed E-state index contributed by atoms with van der Waals surface area (Å²) in [5, 5.41) is 15.1. The van der Waals surface area contributed by atoms with E-state index in [0.29, 0.717) is 29.3 Å². The lowest BCUT2D eigenvalue weighted by atomic mass is 10.0. The number of nitro groups is 1. The van der Waals surface area contributed by atoms with E-state index in [2.05, 4.69) is 5.32 Å². The fourth-order valence-corrected chi connectivity index (χ4v) is 6.62. The van der Waals surface area contributed by atoms with E-state index in [1.54, 1.807) is 36.4 Å². The molecule has 0 radical (unpaired) electrons. The van der Waals surface area contributed by atoms with Crippen LogP contribution in [0.3, 0.4) is 0 Å². The molecule has 0 spiro atoms. The van der Waals surface area contributed by atoms with Crippen molar-refractivity contribution in [3.05, 3.63) is 129 Å². The Hall–Kier alpha value is -4.94. The van der Waals surface area contributed by atoms with Crippen LogP contribution in [-0.4, -0.2) is 56.3 Å². The van der Waals surface area contributed by atoms with Crippen LogP contribution in [0.15, 0.2) is 102 Å². The van der Waals surface area contributed by atoms with Crippen LogP contribution >= 0.6 is 11.6 Å². The zero-order valence-electron chi connectivity index (χ0n) is 26.8. The molecule has 1 unspecified atom stereocenters. The molecule has 252 valence electrons. The van der Waals surface area contributed by atoms with Crippen molar-refractivity contribution in [3.8, 4) is 5.75 Å². The molecule has 0 aromatic heterocycles. The van der Waals surface area contributed by atoms with Crippen molar-refractivity contribution in [1.29, 1.82) is 0 Å². The Labute approximate surface area is 285 Å². The second-order valence-electron chi connectivity index (χ2n) is 11.1. The molecule has 1 N–H and O–H groups in total. The first-order valence-corrected chi connectivity index (χ1v) is 17.0. The molecule has 48 heavy (non-hydrogen) atoms. The standard InChI is InChI=1S/C35H37ClN4O7S/c1-4-20-37-35(42)33(21-26-8-6-5-7-9-26)38(23-27-11-13-28(36)14-12-27)34(41)24-39(29-15-17-30(47-3)18-16-29)48(45,46)31-19-10-25(2)32(22-31)40(43)44/h5-19,22,33H,4,20-21,23-24H2,1-3H3,(H,37,42). The second-order valence-corrected chi connectivity index (χ2v) is 13.4. The van der Waals surface area contributed by atoms with E-state index < -0.39 is 39.3 Å². The van der Waals surface area contributed by atoms with Gasteiger partial charge in [-0.3, -0.25) is 24.0 Å². The molecule has 4 aromatic rings. The molecule has 1 atom stereocenters. The van der Waals surface area contributed by atoms with Crippen LogP contribution in [-0.2, 0) is 32.6 Å². The van der Waals surface area contributed by atoms with E-state index in [-0.39, 0.29) is 34.8 Å². The largest absolute Gasteiger partial charge is 0.497 e. The number of halogens is 1. The van der Waals surface area contributed by atoms with Crippen LogP contribution < -0.4 is 14.4 Å². The van der Waals surface area contributed by atoms with E-state index in [4.69, 9.17) is 16.3 Å². The monoisotopic (exact) mass is 692 g/mol. The quantitative estimate of drug-likeness (QED) is 0.120. The number of hydrogen-bond donors (Lipinski definition) is 1. The van der Waals surface area contributed by atoms with Gasteiger partial charge in [0.15, 0.2) is 0 Å². The maximum absolute atomic E-state index is 14.5. The van der Waals surface area contributed by atoms with Crippen LogP contribution in [0.25, 0.3) is 0 Å². The zero-order valence-corrected chi connectivity index (χ0v) is 28.4. The SMILES string of the molecule is CCCNC(=O)C(Cc1ccccc1)N(Cc1ccc(Cl)cc1)C(=O)CN(c1ccc(OC)cc1)S(=O)(=O)c1ccc(C)c([N+](=O)[O-])c1. The average molecular weight is 693 g/mol. The number of amides is 2. The number of methoxy groups -OCH3 is 1. The molecule has 0 bridgehead atoms. The predicted octanol–water partition coefficient (Wildman–Crippen LogP) is 5.93. The molecule has 11 nitrogen and oxygen atoms in total. The number of carbonyl (C=O) groups excluding carboxylic acids is 2. The Balaban J connectivity index is 1.83. The average Bonchev–Trinajstić information content (AvgIpc) is 3.08. The molecular formula is C35H37ClN4O7S. The number of carbonyl (C=O) groups is 2. The Kier molecular flexibility index (Phi) is 12.2. The fraction of sp³-hybridized carbons (Fsp3) is 0.257. The van der Waals surface area contributed by atoms with Crippen molar-refractivity contribution in [1.82, 2.24) is 10.2 Å². The normalized spacial score (nSPS) is 11.8. The first kappa shape index (κ1) is 35.9. The highest BCUT2D eigenvalue weighted by Gasteiger charge is 2.35. The minimum Gasteiger partial charge on any atom is -0.497 e. The van der Waals surface area contributed by atoms with Gasteiger partial charge in [-0.2, -0.15) is 0 Å². The topological polar surface area (TPSA) is 139 Å². The number of nitrogens with zero attached hydrogens (tertiary/aromatic N) is 3. The van der Waals surface area contributed by atoms with Crippen molar-refractivity contribution in [2.24, 2.45) is 0 Å². The van der Waals surface area contributed by atoms with Gasteiger partial charge in [-0.1, -0.05) is 67.1 Å². The van der Waals surface area contributed by atoms with Crippen LogP contribution in [0.1, 0.15) is 30.0 Å².